The van der Waals surface area contributed by atoms with Crippen LogP contribution in [0.25, 0.3) is 0 Å². The molecule has 1 atom stereocenters. The molecule has 1 unspecified atom stereocenters. The van der Waals surface area contributed by atoms with Gasteiger partial charge in [0.1, 0.15) is 5.82 Å². The minimum absolute atomic E-state index is 0.00216. The van der Waals surface area contributed by atoms with E-state index in [0.717, 1.165) is 37.2 Å². The topological polar surface area (TPSA) is 56.6 Å². The molecule has 2 rings (SSSR count). The lowest BCUT2D eigenvalue weighted by Crippen LogP contribution is -2.38. The molecule has 0 amide bonds. The Hall–Kier alpha value is -1.13. The lowest BCUT2D eigenvalue weighted by molar-refractivity contribution is 0.252. The Morgan fingerprint density at radius 3 is 2.94 bits per heavy atom. The molecule has 4 nitrogen and oxygen atoms in total. The zero-order valence-corrected chi connectivity index (χ0v) is 10.0. The molecular formula is C13H20N2O2. The summed E-state index contributed by atoms with van der Waals surface area (Å²) in [5.41, 5.74) is 0.841. The number of anilines is 1. The smallest absolute Gasteiger partial charge is 0.134 e. The number of hydrogen-bond donors (Lipinski definition) is 2. The van der Waals surface area contributed by atoms with E-state index in [0.29, 0.717) is 0 Å². The molecule has 2 heterocycles. The summed E-state index contributed by atoms with van der Waals surface area (Å²) >= 11 is 0. The molecule has 0 aliphatic carbocycles. The SMILES string of the molecule is OCc1cccnc1N1CCCCCC1CO. The van der Waals surface area contributed by atoms with E-state index in [-0.39, 0.29) is 19.3 Å². The fourth-order valence-electron chi connectivity index (χ4n) is 2.46. The molecule has 1 aliphatic heterocycles. The van der Waals surface area contributed by atoms with Gasteiger partial charge in [-0.25, -0.2) is 4.98 Å². The zero-order chi connectivity index (χ0) is 12.1. The van der Waals surface area contributed by atoms with Crippen molar-refractivity contribution >= 4 is 5.82 Å². The van der Waals surface area contributed by atoms with E-state index in [4.69, 9.17) is 0 Å². The zero-order valence-electron chi connectivity index (χ0n) is 10.0. The summed E-state index contributed by atoms with van der Waals surface area (Å²) in [6, 6.07) is 3.86. The van der Waals surface area contributed by atoms with Gasteiger partial charge in [0.15, 0.2) is 0 Å². The molecular weight excluding hydrogens is 216 g/mol. The van der Waals surface area contributed by atoms with Gasteiger partial charge in [0.25, 0.3) is 0 Å². The van der Waals surface area contributed by atoms with E-state index in [2.05, 4.69) is 9.88 Å². The molecule has 1 saturated heterocycles. The third kappa shape index (κ3) is 2.76. The Labute approximate surface area is 102 Å². The van der Waals surface area contributed by atoms with Crippen molar-refractivity contribution in [2.45, 2.75) is 38.3 Å². The number of aliphatic hydroxyl groups is 2. The molecule has 0 saturated carbocycles. The van der Waals surface area contributed by atoms with Crippen LogP contribution >= 0.6 is 0 Å². The van der Waals surface area contributed by atoms with Crippen LogP contribution in [0.4, 0.5) is 5.82 Å². The summed E-state index contributed by atoms with van der Waals surface area (Å²) in [6.45, 7) is 1.06. The largest absolute Gasteiger partial charge is 0.394 e. The van der Waals surface area contributed by atoms with Crippen molar-refractivity contribution in [1.29, 1.82) is 0 Å². The average Bonchev–Trinajstić information content (AvgIpc) is 2.63. The van der Waals surface area contributed by atoms with Crippen LogP contribution in [0.15, 0.2) is 18.3 Å². The van der Waals surface area contributed by atoms with Crippen LogP contribution < -0.4 is 4.90 Å². The van der Waals surface area contributed by atoms with Gasteiger partial charge >= 0.3 is 0 Å². The number of hydrogen-bond acceptors (Lipinski definition) is 4. The van der Waals surface area contributed by atoms with Gasteiger partial charge in [-0.05, 0) is 18.9 Å². The van der Waals surface area contributed by atoms with E-state index in [1.807, 2.05) is 12.1 Å². The van der Waals surface area contributed by atoms with Crippen LogP contribution in [0.3, 0.4) is 0 Å². The third-order valence-corrected chi connectivity index (χ3v) is 3.40. The first-order chi connectivity index (χ1) is 8.36. The van der Waals surface area contributed by atoms with Crippen LogP contribution in [0.2, 0.25) is 0 Å². The molecule has 0 bridgehead atoms. The van der Waals surface area contributed by atoms with Crippen molar-refractivity contribution in [2.75, 3.05) is 18.1 Å². The summed E-state index contributed by atoms with van der Waals surface area (Å²) in [7, 11) is 0. The molecule has 2 N–H and O–H groups in total. The van der Waals surface area contributed by atoms with Gasteiger partial charge in [-0.1, -0.05) is 18.9 Å². The average molecular weight is 236 g/mol. The predicted molar refractivity (Wildman–Crippen MR) is 66.8 cm³/mol. The van der Waals surface area contributed by atoms with E-state index in [1.165, 1.54) is 6.42 Å². The van der Waals surface area contributed by atoms with Crippen LogP contribution in [0.5, 0.6) is 0 Å². The summed E-state index contributed by atoms with van der Waals surface area (Å²) < 4.78 is 0. The van der Waals surface area contributed by atoms with Crippen molar-refractivity contribution < 1.29 is 10.2 Å². The van der Waals surface area contributed by atoms with Crippen molar-refractivity contribution in [3.8, 4) is 0 Å². The molecule has 1 aromatic heterocycles. The molecule has 0 radical (unpaired) electrons. The van der Waals surface area contributed by atoms with Gasteiger partial charge in [0, 0.05) is 18.3 Å². The lowest BCUT2D eigenvalue weighted by atomic mass is 10.1. The first-order valence-corrected chi connectivity index (χ1v) is 6.29. The molecule has 1 aliphatic rings. The first kappa shape index (κ1) is 12.3. The number of aliphatic hydroxyl groups excluding tert-OH is 2. The normalized spacial score (nSPS) is 21.3. The van der Waals surface area contributed by atoms with Crippen LogP contribution in [0.1, 0.15) is 31.2 Å². The lowest BCUT2D eigenvalue weighted by Gasteiger charge is -2.31. The van der Waals surface area contributed by atoms with Crippen molar-refractivity contribution in [3.05, 3.63) is 23.9 Å². The summed E-state index contributed by atoms with van der Waals surface area (Å²) in [5.74, 6) is 0.830. The Morgan fingerprint density at radius 1 is 1.29 bits per heavy atom. The number of aromatic nitrogens is 1. The summed E-state index contributed by atoms with van der Waals surface area (Å²) in [5, 5.41) is 18.8. The minimum Gasteiger partial charge on any atom is -0.394 e. The highest BCUT2D eigenvalue weighted by Gasteiger charge is 2.23. The monoisotopic (exact) mass is 236 g/mol. The van der Waals surface area contributed by atoms with Crippen LogP contribution in [-0.4, -0.2) is 34.4 Å². The maximum atomic E-state index is 9.48. The number of pyridine rings is 1. The van der Waals surface area contributed by atoms with Crippen LogP contribution in [0, 0.1) is 0 Å². The Balaban J connectivity index is 2.28. The minimum atomic E-state index is -0.00216. The Kier molecular flexibility index (Phi) is 4.34. The molecule has 94 valence electrons. The quantitative estimate of drug-likeness (QED) is 0.831. The molecule has 0 spiro atoms. The summed E-state index contributed by atoms with van der Waals surface area (Å²) in [6.07, 6.45) is 6.22. The van der Waals surface area contributed by atoms with E-state index in [9.17, 15) is 10.2 Å². The maximum Gasteiger partial charge on any atom is 0.134 e. The van der Waals surface area contributed by atoms with Gasteiger partial charge in [-0.15, -0.1) is 0 Å². The molecule has 0 aromatic carbocycles. The van der Waals surface area contributed by atoms with Crippen molar-refractivity contribution in [1.82, 2.24) is 4.98 Å². The highest BCUT2D eigenvalue weighted by Crippen LogP contribution is 2.25. The summed E-state index contributed by atoms with van der Waals surface area (Å²) in [4.78, 5) is 6.52. The Bertz CT molecular complexity index is 357. The molecule has 4 heteroatoms. The molecule has 1 fully saturated rings. The second-order valence-corrected chi connectivity index (χ2v) is 4.52. The second kappa shape index (κ2) is 5.98. The van der Waals surface area contributed by atoms with Crippen molar-refractivity contribution in [3.63, 3.8) is 0 Å². The standard InChI is InChI=1S/C13H20N2O2/c16-9-11-5-4-7-14-13(11)15-8-3-1-2-6-12(15)10-17/h4-5,7,12,16-17H,1-3,6,8-10H2. The van der Waals surface area contributed by atoms with E-state index < -0.39 is 0 Å². The first-order valence-electron chi connectivity index (χ1n) is 6.29. The highest BCUT2D eigenvalue weighted by atomic mass is 16.3. The molecule has 1 aromatic rings. The maximum absolute atomic E-state index is 9.48. The number of rotatable bonds is 3. The van der Waals surface area contributed by atoms with E-state index in [1.54, 1.807) is 6.20 Å². The van der Waals surface area contributed by atoms with Crippen LogP contribution in [-0.2, 0) is 6.61 Å². The van der Waals surface area contributed by atoms with E-state index >= 15 is 0 Å². The van der Waals surface area contributed by atoms with Gasteiger partial charge in [-0.2, -0.15) is 0 Å². The van der Waals surface area contributed by atoms with Gasteiger partial charge < -0.3 is 15.1 Å². The third-order valence-electron chi connectivity index (χ3n) is 3.40. The number of nitrogens with zero attached hydrogens (tertiary/aromatic N) is 2. The predicted octanol–water partition coefficient (Wildman–Crippen LogP) is 1.32. The second-order valence-electron chi connectivity index (χ2n) is 4.52. The fraction of sp³-hybridized carbons (Fsp3) is 0.615. The Morgan fingerprint density at radius 2 is 2.18 bits per heavy atom. The van der Waals surface area contributed by atoms with Crippen molar-refractivity contribution in [2.24, 2.45) is 0 Å². The van der Waals surface area contributed by atoms with Gasteiger partial charge in [0.2, 0.25) is 0 Å². The fourth-order valence-corrected chi connectivity index (χ4v) is 2.46. The highest BCUT2D eigenvalue weighted by molar-refractivity contribution is 5.47. The van der Waals surface area contributed by atoms with Gasteiger partial charge in [0.05, 0.1) is 19.3 Å². The van der Waals surface area contributed by atoms with Gasteiger partial charge in [-0.3, -0.25) is 0 Å². The molecule has 17 heavy (non-hydrogen) atoms.